The lowest BCUT2D eigenvalue weighted by Gasteiger charge is -2.29. The molecule has 3 nitrogen and oxygen atoms in total. The first-order chi connectivity index (χ1) is 7.81. The molecule has 0 unspecified atom stereocenters. The highest BCUT2D eigenvalue weighted by atomic mass is 79.9. The lowest BCUT2D eigenvalue weighted by molar-refractivity contribution is 0.122. The SMILES string of the molecule is CNCc1ccc(N2CCOCC2)cc1Br. The zero-order valence-electron chi connectivity index (χ0n) is 9.50. The smallest absolute Gasteiger partial charge is 0.0642 e. The van der Waals surface area contributed by atoms with Crippen LogP contribution < -0.4 is 10.2 Å². The summed E-state index contributed by atoms with van der Waals surface area (Å²) < 4.78 is 6.52. The quantitative estimate of drug-likeness (QED) is 0.919. The van der Waals surface area contributed by atoms with Crippen LogP contribution >= 0.6 is 15.9 Å². The number of nitrogens with one attached hydrogen (secondary N) is 1. The largest absolute Gasteiger partial charge is 0.378 e. The predicted molar refractivity (Wildman–Crippen MR) is 69.9 cm³/mol. The van der Waals surface area contributed by atoms with Gasteiger partial charge in [-0.05, 0) is 24.7 Å². The molecule has 1 N–H and O–H groups in total. The first kappa shape index (κ1) is 11.9. The highest BCUT2D eigenvalue weighted by Gasteiger charge is 2.12. The predicted octanol–water partition coefficient (Wildman–Crippen LogP) is 2.01. The number of rotatable bonds is 3. The normalized spacial score (nSPS) is 16.5. The first-order valence-electron chi connectivity index (χ1n) is 5.57. The molecule has 0 aliphatic carbocycles. The van der Waals surface area contributed by atoms with Gasteiger partial charge in [-0.1, -0.05) is 22.0 Å². The van der Waals surface area contributed by atoms with E-state index in [9.17, 15) is 0 Å². The number of ether oxygens (including phenoxy) is 1. The van der Waals surface area contributed by atoms with Crippen LogP contribution in [0.15, 0.2) is 22.7 Å². The van der Waals surface area contributed by atoms with Gasteiger partial charge in [-0.25, -0.2) is 0 Å². The van der Waals surface area contributed by atoms with Gasteiger partial charge in [0.15, 0.2) is 0 Å². The third-order valence-electron chi connectivity index (χ3n) is 2.78. The van der Waals surface area contributed by atoms with E-state index < -0.39 is 0 Å². The second-order valence-corrected chi connectivity index (χ2v) is 4.76. The number of hydrogen-bond donors (Lipinski definition) is 1. The molecule has 0 aromatic heterocycles. The van der Waals surface area contributed by atoms with Crippen molar-refractivity contribution in [2.24, 2.45) is 0 Å². The molecule has 1 aromatic rings. The number of halogens is 1. The van der Waals surface area contributed by atoms with Gasteiger partial charge in [0.1, 0.15) is 0 Å². The second-order valence-electron chi connectivity index (χ2n) is 3.91. The van der Waals surface area contributed by atoms with Crippen LogP contribution in [0.1, 0.15) is 5.56 Å². The summed E-state index contributed by atoms with van der Waals surface area (Å²) >= 11 is 3.62. The van der Waals surface area contributed by atoms with Gasteiger partial charge in [-0.15, -0.1) is 0 Å². The van der Waals surface area contributed by atoms with Crippen molar-refractivity contribution in [3.8, 4) is 0 Å². The third-order valence-corrected chi connectivity index (χ3v) is 3.52. The number of anilines is 1. The summed E-state index contributed by atoms with van der Waals surface area (Å²) in [6.07, 6.45) is 0. The van der Waals surface area contributed by atoms with Crippen LogP contribution in [-0.4, -0.2) is 33.4 Å². The average Bonchev–Trinajstić information content (AvgIpc) is 2.33. The van der Waals surface area contributed by atoms with E-state index in [-0.39, 0.29) is 0 Å². The molecule has 0 saturated carbocycles. The van der Waals surface area contributed by atoms with Crippen LogP contribution in [0.2, 0.25) is 0 Å². The minimum atomic E-state index is 0.829. The Morgan fingerprint density at radius 1 is 1.38 bits per heavy atom. The monoisotopic (exact) mass is 284 g/mol. The van der Waals surface area contributed by atoms with Crippen molar-refractivity contribution in [2.45, 2.75) is 6.54 Å². The molecule has 1 fully saturated rings. The van der Waals surface area contributed by atoms with E-state index >= 15 is 0 Å². The van der Waals surface area contributed by atoms with Crippen LogP contribution in [-0.2, 0) is 11.3 Å². The third kappa shape index (κ3) is 2.75. The molecule has 1 aromatic carbocycles. The summed E-state index contributed by atoms with van der Waals surface area (Å²) in [5.74, 6) is 0. The summed E-state index contributed by atoms with van der Waals surface area (Å²) in [5, 5.41) is 3.16. The fourth-order valence-electron chi connectivity index (χ4n) is 1.89. The summed E-state index contributed by atoms with van der Waals surface area (Å²) in [4.78, 5) is 2.36. The summed E-state index contributed by atoms with van der Waals surface area (Å²) in [6.45, 7) is 4.52. The van der Waals surface area contributed by atoms with Gasteiger partial charge in [0.05, 0.1) is 13.2 Å². The second kappa shape index (κ2) is 5.66. The molecule has 4 heteroatoms. The Morgan fingerprint density at radius 2 is 2.12 bits per heavy atom. The highest BCUT2D eigenvalue weighted by Crippen LogP contribution is 2.24. The Bertz CT molecular complexity index is 351. The molecule has 0 radical (unpaired) electrons. The fraction of sp³-hybridized carbons (Fsp3) is 0.500. The number of morpholine rings is 1. The van der Waals surface area contributed by atoms with Gasteiger partial charge in [0.2, 0.25) is 0 Å². The van der Waals surface area contributed by atoms with Gasteiger partial charge in [-0.3, -0.25) is 0 Å². The van der Waals surface area contributed by atoms with Crippen LogP contribution in [0, 0.1) is 0 Å². The highest BCUT2D eigenvalue weighted by molar-refractivity contribution is 9.10. The molecule has 1 aliphatic heterocycles. The number of hydrogen-bond acceptors (Lipinski definition) is 3. The van der Waals surface area contributed by atoms with Gasteiger partial charge in [0.25, 0.3) is 0 Å². The lowest BCUT2D eigenvalue weighted by Crippen LogP contribution is -2.36. The Labute approximate surface area is 105 Å². The van der Waals surface area contributed by atoms with Crippen LogP contribution in [0.3, 0.4) is 0 Å². The van der Waals surface area contributed by atoms with Crippen molar-refractivity contribution in [1.82, 2.24) is 5.32 Å². The topological polar surface area (TPSA) is 24.5 Å². The van der Waals surface area contributed by atoms with Gasteiger partial charge in [0, 0.05) is 29.8 Å². The van der Waals surface area contributed by atoms with E-state index in [2.05, 4.69) is 44.3 Å². The zero-order valence-corrected chi connectivity index (χ0v) is 11.1. The maximum absolute atomic E-state index is 5.35. The Morgan fingerprint density at radius 3 is 2.75 bits per heavy atom. The molecule has 1 aliphatic rings. The van der Waals surface area contributed by atoms with Crippen molar-refractivity contribution in [3.63, 3.8) is 0 Å². The van der Waals surface area contributed by atoms with E-state index in [1.54, 1.807) is 0 Å². The van der Waals surface area contributed by atoms with E-state index in [1.165, 1.54) is 15.7 Å². The number of benzene rings is 1. The van der Waals surface area contributed by atoms with Crippen molar-refractivity contribution < 1.29 is 4.74 Å². The minimum Gasteiger partial charge on any atom is -0.378 e. The summed E-state index contributed by atoms with van der Waals surface area (Å²) in [6, 6.07) is 6.55. The summed E-state index contributed by atoms with van der Waals surface area (Å²) in [5.41, 5.74) is 2.56. The Kier molecular flexibility index (Phi) is 4.21. The molecule has 88 valence electrons. The van der Waals surface area contributed by atoms with Crippen molar-refractivity contribution in [3.05, 3.63) is 28.2 Å². The van der Waals surface area contributed by atoms with Crippen molar-refractivity contribution in [2.75, 3.05) is 38.3 Å². The molecular weight excluding hydrogens is 268 g/mol. The maximum Gasteiger partial charge on any atom is 0.0642 e. The fourth-order valence-corrected chi connectivity index (χ4v) is 2.40. The maximum atomic E-state index is 5.35. The van der Waals surface area contributed by atoms with E-state index in [0.29, 0.717) is 0 Å². The van der Waals surface area contributed by atoms with E-state index in [1.807, 2.05) is 7.05 Å². The van der Waals surface area contributed by atoms with E-state index in [4.69, 9.17) is 4.74 Å². The lowest BCUT2D eigenvalue weighted by atomic mass is 10.2. The van der Waals surface area contributed by atoms with Gasteiger partial charge < -0.3 is 15.0 Å². The van der Waals surface area contributed by atoms with Crippen LogP contribution in [0.5, 0.6) is 0 Å². The molecule has 0 amide bonds. The molecule has 0 bridgehead atoms. The van der Waals surface area contributed by atoms with Crippen LogP contribution in [0.25, 0.3) is 0 Å². The van der Waals surface area contributed by atoms with Gasteiger partial charge >= 0.3 is 0 Å². The average molecular weight is 285 g/mol. The van der Waals surface area contributed by atoms with Gasteiger partial charge in [-0.2, -0.15) is 0 Å². The Hall–Kier alpha value is -0.580. The molecule has 1 heterocycles. The Balaban J connectivity index is 2.13. The standard InChI is InChI=1S/C12H17BrN2O/c1-14-9-10-2-3-11(8-12(10)13)15-4-6-16-7-5-15/h2-3,8,14H,4-7,9H2,1H3. The summed E-state index contributed by atoms with van der Waals surface area (Å²) in [7, 11) is 1.96. The molecule has 0 atom stereocenters. The molecule has 2 rings (SSSR count). The minimum absolute atomic E-state index is 0.829. The van der Waals surface area contributed by atoms with E-state index in [0.717, 1.165) is 32.8 Å². The zero-order chi connectivity index (χ0) is 11.4. The molecule has 1 saturated heterocycles. The van der Waals surface area contributed by atoms with Crippen LogP contribution in [0.4, 0.5) is 5.69 Å². The molecule has 0 spiro atoms. The molecule has 16 heavy (non-hydrogen) atoms. The van der Waals surface area contributed by atoms with Crippen molar-refractivity contribution in [1.29, 1.82) is 0 Å². The molecular formula is C12H17BrN2O. The number of nitrogens with zero attached hydrogens (tertiary/aromatic N) is 1. The first-order valence-corrected chi connectivity index (χ1v) is 6.36. The van der Waals surface area contributed by atoms with Crippen molar-refractivity contribution >= 4 is 21.6 Å².